The van der Waals surface area contributed by atoms with Crippen molar-refractivity contribution in [2.75, 3.05) is 39.4 Å². The molecule has 1 amide bonds. The molecule has 2 aliphatic heterocycles. The largest absolute Gasteiger partial charge is 0.378 e. The number of ether oxygens (including phenoxy) is 1. The van der Waals surface area contributed by atoms with Crippen molar-refractivity contribution in [1.82, 2.24) is 19.9 Å². The Labute approximate surface area is 166 Å². The minimum absolute atomic E-state index is 0.0457. The summed E-state index contributed by atoms with van der Waals surface area (Å²) in [4.78, 5) is 21.5. The average molecular weight is 435 g/mol. The number of hydrogen-bond donors (Lipinski definition) is 0. The lowest BCUT2D eigenvalue weighted by Gasteiger charge is -2.35. The van der Waals surface area contributed by atoms with E-state index in [1.54, 1.807) is 0 Å². The molecule has 1 unspecified atom stereocenters. The number of carbonyl (C=O) groups is 1. The number of nitrogens with zero attached hydrogens (tertiary/aromatic N) is 4. The number of halogens is 1. The molecule has 2 aliphatic rings. The van der Waals surface area contributed by atoms with Crippen LogP contribution in [0.3, 0.4) is 0 Å². The van der Waals surface area contributed by atoms with Crippen molar-refractivity contribution in [2.45, 2.75) is 19.4 Å². The standard InChI is InChI=1S/C19H23BrN4O3/c20-16-5-1-3-14(11-16)18-21-17(27-22-18)13-23-6-2-4-15(12-23)19(25)24-7-9-26-10-8-24/h1,3,5,11,15H,2,4,6-10,12-13H2. The van der Waals surface area contributed by atoms with E-state index in [9.17, 15) is 4.79 Å². The first-order valence-electron chi connectivity index (χ1n) is 9.36. The van der Waals surface area contributed by atoms with Crippen LogP contribution in [0.1, 0.15) is 18.7 Å². The predicted octanol–water partition coefficient (Wildman–Crippen LogP) is 2.57. The Bertz CT molecular complexity index is 791. The van der Waals surface area contributed by atoms with Crippen molar-refractivity contribution in [2.24, 2.45) is 5.92 Å². The number of carbonyl (C=O) groups excluding carboxylic acids is 1. The Balaban J connectivity index is 1.37. The molecule has 1 atom stereocenters. The van der Waals surface area contributed by atoms with Crippen molar-refractivity contribution in [1.29, 1.82) is 0 Å². The van der Waals surface area contributed by atoms with E-state index < -0.39 is 0 Å². The highest BCUT2D eigenvalue weighted by Gasteiger charge is 2.30. The summed E-state index contributed by atoms with van der Waals surface area (Å²) in [6, 6.07) is 7.83. The third-order valence-electron chi connectivity index (χ3n) is 5.09. The Hall–Kier alpha value is -1.77. The molecular formula is C19H23BrN4O3. The van der Waals surface area contributed by atoms with Crippen LogP contribution >= 0.6 is 15.9 Å². The number of rotatable bonds is 4. The quantitative estimate of drug-likeness (QED) is 0.736. The molecule has 0 radical (unpaired) electrons. The molecule has 4 rings (SSSR count). The van der Waals surface area contributed by atoms with Gasteiger partial charge in [-0.15, -0.1) is 0 Å². The summed E-state index contributed by atoms with van der Waals surface area (Å²) < 4.78 is 11.8. The van der Waals surface area contributed by atoms with E-state index >= 15 is 0 Å². The van der Waals surface area contributed by atoms with Crippen molar-refractivity contribution in [3.05, 3.63) is 34.6 Å². The Morgan fingerprint density at radius 1 is 1.26 bits per heavy atom. The summed E-state index contributed by atoms with van der Waals surface area (Å²) in [5.41, 5.74) is 0.915. The maximum absolute atomic E-state index is 12.8. The van der Waals surface area contributed by atoms with Gasteiger partial charge in [0.25, 0.3) is 0 Å². The van der Waals surface area contributed by atoms with E-state index in [0.717, 1.165) is 36.0 Å². The summed E-state index contributed by atoms with van der Waals surface area (Å²) in [7, 11) is 0. The van der Waals surface area contributed by atoms with Gasteiger partial charge in [-0.05, 0) is 31.5 Å². The molecule has 0 N–H and O–H groups in total. The van der Waals surface area contributed by atoms with E-state index in [1.807, 2.05) is 29.2 Å². The van der Waals surface area contributed by atoms with E-state index in [1.165, 1.54) is 0 Å². The molecule has 0 saturated carbocycles. The maximum atomic E-state index is 12.8. The van der Waals surface area contributed by atoms with Crippen molar-refractivity contribution >= 4 is 21.8 Å². The summed E-state index contributed by atoms with van der Waals surface area (Å²) in [5, 5.41) is 4.10. The highest BCUT2D eigenvalue weighted by atomic mass is 79.9. The molecule has 8 heteroatoms. The lowest BCUT2D eigenvalue weighted by Crippen LogP contribution is -2.48. The summed E-state index contributed by atoms with van der Waals surface area (Å²) >= 11 is 3.46. The van der Waals surface area contributed by atoms with Gasteiger partial charge in [-0.2, -0.15) is 4.98 Å². The molecule has 2 saturated heterocycles. The van der Waals surface area contributed by atoms with Crippen LogP contribution in [0.5, 0.6) is 0 Å². The fourth-order valence-electron chi connectivity index (χ4n) is 3.70. The van der Waals surface area contributed by atoms with E-state index in [2.05, 4.69) is 31.0 Å². The number of piperidine rings is 1. The van der Waals surface area contributed by atoms with Crippen LogP contribution in [0.2, 0.25) is 0 Å². The van der Waals surface area contributed by atoms with Crippen LogP contribution in [0.4, 0.5) is 0 Å². The van der Waals surface area contributed by atoms with Crippen LogP contribution in [0.15, 0.2) is 33.3 Å². The average Bonchev–Trinajstić information content (AvgIpc) is 3.17. The summed E-state index contributed by atoms with van der Waals surface area (Å²) in [6.45, 7) is 4.95. The van der Waals surface area contributed by atoms with Gasteiger partial charge in [-0.3, -0.25) is 9.69 Å². The third kappa shape index (κ3) is 4.56. The Morgan fingerprint density at radius 3 is 2.93 bits per heavy atom. The number of benzene rings is 1. The summed E-state index contributed by atoms with van der Waals surface area (Å²) in [5.74, 6) is 1.47. The highest BCUT2D eigenvalue weighted by molar-refractivity contribution is 9.10. The third-order valence-corrected chi connectivity index (χ3v) is 5.58. The smallest absolute Gasteiger partial charge is 0.241 e. The van der Waals surface area contributed by atoms with Crippen LogP contribution < -0.4 is 0 Å². The van der Waals surface area contributed by atoms with Gasteiger partial charge in [0.15, 0.2) is 0 Å². The molecule has 0 aliphatic carbocycles. The number of aromatic nitrogens is 2. The van der Waals surface area contributed by atoms with Crippen LogP contribution in [-0.4, -0.2) is 65.2 Å². The molecule has 1 aromatic heterocycles. The zero-order chi connectivity index (χ0) is 18.6. The molecule has 7 nitrogen and oxygen atoms in total. The minimum atomic E-state index is 0.0457. The van der Waals surface area contributed by atoms with E-state index in [0.29, 0.717) is 44.6 Å². The predicted molar refractivity (Wildman–Crippen MR) is 103 cm³/mol. The zero-order valence-electron chi connectivity index (χ0n) is 15.1. The second kappa shape index (κ2) is 8.50. The normalized spacial score (nSPS) is 21.4. The number of amides is 1. The fraction of sp³-hybridized carbons (Fsp3) is 0.526. The second-order valence-electron chi connectivity index (χ2n) is 7.03. The van der Waals surface area contributed by atoms with Gasteiger partial charge in [0.2, 0.25) is 17.6 Å². The van der Waals surface area contributed by atoms with Gasteiger partial charge in [-0.25, -0.2) is 0 Å². The monoisotopic (exact) mass is 434 g/mol. The van der Waals surface area contributed by atoms with Gasteiger partial charge in [0.05, 0.1) is 25.7 Å². The lowest BCUT2D eigenvalue weighted by molar-refractivity contribution is -0.141. The first-order chi connectivity index (χ1) is 13.2. The van der Waals surface area contributed by atoms with Crippen LogP contribution in [-0.2, 0) is 16.1 Å². The van der Waals surface area contributed by atoms with Gasteiger partial charge >= 0.3 is 0 Å². The molecule has 2 aromatic rings. The van der Waals surface area contributed by atoms with Gasteiger partial charge < -0.3 is 14.2 Å². The Morgan fingerprint density at radius 2 is 2.11 bits per heavy atom. The van der Waals surface area contributed by atoms with Gasteiger partial charge in [0, 0.05) is 29.7 Å². The number of hydrogen-bond acceptors (Lipinski definition) is 6. The molecule has 2 fully saturated rings. The molecular weight excluding hydrogens is 412 g/mol. The molecule has 144 valence electrons. The first-order valence-corrected chi connectivity index (χ1v) is 10.2. The first kappa shape index (κ1) is 18.6. The zero-order valence-corrected chi connectivity index (χ0v) is 16.7. The van der Waals surface area contributed by atoms with Crippen molar-refractivity contribution < 1.29 is 14.1 Å². The Kier molecular flexibility index (Phi) is 5.85. The fourth-order valence-corrected chi connectivity index (χ4v) is 4.10. The molecule has 1 aromatic carbocycles. The molecule has 27 heavy (non-hydrogen) atoms. The van der Waals surface area contributed by atoms with E-state index in [4.69, 9.17) is 9.26 Å². The van der Waals surface area contributed by atoms with Gasteiger partial charge in [-0.1, -0.05) is 33.2 Å². The van der Waals surface area contributed by atoms with Crippen LogP contribution in [0.25, 0.3) is 11.4 Å². The summed E-state index contributed by atoms with van der Waals surface area (Å²) in [6.07, 6.45) is 1.95. The minimum Gasteiger partial charge on any atom is -0.378 e. The van der Waals surface area contributed by atoms with E-state index in [-0.39, 0.29) is 11.8 Å². The number of morpholine rings is 1. The molecule has 0 bridgehead atoms. The number of likely N-dealkylation sites (tertiary alicyclic amines) is 1. The van der Waals surface area contributed by atoms with Gasteiger partial charge in [0.1, 0.15) is 0 Å². The van der Waals surface area contributed by atoms with Crippen molar-refractivity contribution in [3.63, 3.8) is 0 Å². The lowest BCUT2D eigenvalue weighted by atomic mass is 9.96. The van der Waals surface area contributed by atoms with Crippen molar-refractivity contribution in [3.8, 4) is 11.4 Å². The molecule has 3 heterocycles. The highest BCUT2D eigenvalue weighted by Crippen LogP contribution is 2.23. The molecule has 0 spiro atoms. The van der Waals surface area contributed by atoms with Crippen LogP contribution in [0, 0.1) is 5.92 Å². The maximum Gasteiger partial charge on any atom is 0.241 e. The SMILES string of the molecule is O=C(C1CCCN(Cc2nc(-c3cccc(Br)c3)no2)C1)N1CCOCC1. The topological polar surface area (TPSA) is 71.7 Å². The second-order valence-corrected chi connectivity index (χ2v) is 7.95.